The van der Waals surface area contributed by atoms with Crippen molar-refractivity contribution in [1.82, 2.24) is 9.55 Å². The normalized spacial score (nSPS) is 11.2. The first-order valence-corrected chi connectivity index (χ1v) is 7.48. The molecule has 3 aromatic rings. The zero-order chi connectivity index (χ0) is 14.4. The van der Waals surface area contributed by atoms with Crippen molar-refractivity contribution >= 4 is 62.4 Å². The Morgan fingerprint density at radius 2 is 1.90 bits per heavy atom. The first-order valence-electron chi connectivity index (χ1n) is 5.52. The molecule has 1 aromatic heterocycles. The molecule has 0 radical (unpaired) electrons. The lowest BCUT2D eigenvalue weighted by atomic mass is 10.2. The predicted octanol–water partition coefficient (Wildman–Crippen LogP) is 5.90. The van der Waals surface area contributed by atoms with Crippen LogP contribution in [0.15, 0.2) is 34.8 Å². The summed E-state index contributed by atoms with van der Waals surface area (Å²) in [6, 6.07) is 8.24. The van der Waals surface area contributed by atoms with Crippen molar-refractivity contribution in [1.29, 1.82) is 0 Å². The van der Waals surface area contributed by atoms with Crippen LogP contribution in [0.3, 0.4) is 0 Å². The van der Waals surface area contributed by atoms with Crippen LogP contribution in [0, 0.1) is 10.6 Å². The van der Waals surface area contributed by atoms with Crippen LogP contribution >= 0.6 is 51.3 Å². The summed E-state index contributed by atoms with van der Waals surface area (Å²) < 4.78 is 16.6. The van der Waals surface area contributed by atoms with Crippen LogP contribution in [-0.2, 0) is 0 Å². The minimum atomic E-state index is -0.491. The van der Waals surface area contributed by atoms with Crippen molar-refractivity contribution < 1.29 is 4.39 Å². The summed E-state index contributed by atoms with van der Waals surface area (Å²) in [4.78, 5) is 3.01. The molecule has 0 saturated carbocycles. The lowest BCUT2D eigenvalue weighted by Crippen LogP contribution is -1.94. The molecular formula is C13H6BrCl2FN2S. The van der Waals surface area contributed by atoms with E-state index < -0.39 is 5.82 Å². The number of fused-ring (bicyclic) bond motifs is 1. The van der Waals surface area contributed by atoms with Crippen LogP contribution in [0.25, 0.3) is 16.7 Å². The number of nitrogens with one attached hydrogen (secondary N) is 1. The van der Waals surface area contributed by atoms with Gasteiger partial charge in [0.05, 0.1) is 21.1 Å². The third-order valence-electron chi connectivity index (χ3n) is 2.89. The van der Waals surface area contributed by atoms with Gasteiger partial charge in [-0.1, -0.05) is 23.2 Å². The third kappa shape index (κ3) is 2.29. The molecule has 0 aliphatic heterocycles. The van der Waals surface area contributed by atoms with E-state index in [1.54, 1.807) is 10.6 Å². The lowest BCUT2D eigenvalue weighted by Gasteiger charge is -2.06. The molecule has 1 N–H and O–H groups in total. The summed E-state index contributed by atoms with van der Waals surface area (Å²) in [7, 11) is 0. The summed E-state index contributed by atoms with van der Waals surface area (Å²) in [5, 5.41) is 0.646. The van der Waals surface area contributed by atoms with Crippen LogP contribution < -0.4 is 0 Å². The zero-order valence-electron chi connectivity index (χ0n) is 9.75. The second kappa shape index (κ2) is 5.15. The molecule has 102 valence electrons. The molecule has 7 heteroatoms. The van der Waals surface area contributed by atoms with E-state index in [9.17, 15) is 4.39 Å². The number of benzene rings is 2. The molecule has 0 fully saturated rings. The van der Waals surface area contributed by atoms with E-state index in [0.717, 1.165) is 10.2 Å². The molecule has 0 aliphatic rings. The molecule has 0 saturated heterocycles. The number of H-pyrrole nitrogens is 1. The standard InChI is InChI=1S/C13H6BrCl2FN2S/c14-7-3-6(1-2-8(7)15)19-12-5-10(17)9(16)4-11(12)18-13(19)20/h1-5H,(H,18,20). The Morgan fingerprint density at radius 3 is 2.60 bits per heavy atom. The number of hydrogen-bond donors (Lipinski definition) is 1. The van der Waals surface area contributed by atoms with Crippen molar-refractivity contribution in [3.8, 4) is 5.69 Å². The van der Waals surface area contributed by atoms with Gasteiger partial charge in [-0.05, 0) is 52.4 Å². The number of aromatic amines is 1. The number of nitrogens with zero attached hydrogens (tertiary/aromatic N) is 1. The van der Waals surface area contributed by atoms with E-state index in [-0.39, 0.29) is 5.02 Å². The van der Waals surface area contributed by atoms with Gasteiger partial charge < -0.3 is 4.98 Å². The highest BCUT2D eigenvalue weighted by Crippen LogP contribution is 2.29. The molecule has 0 unspecified atom stereocenters. The molecule has 20 heavy (non-hydrogen) atoms. The quantitative estimate of drug-likeness (QED) is 0.512. The average molecular weight is 392 g/mol. The molecule has 1 heterocycles. The molecule has 0 bridgehead atoms. The average Bonchev–Trinajstić information content (AvgIpc) is 2.69. The molecular weight excluding hydrogens is 386 g/mol. The number of aromatic nitrogens is 2. The summed E-state index contributed by atoms with van der Waals surface area (Å²) in [5.74, 6) is -0.491. The fourth-order valence-corrected chi connectivity index (χ4v) is 2.94. The van der Waals surface area contributed by atoms with Crippen molar-refractivity contribution in [3.05, 3.63) is 55.4 Å². The number of imidazole rings is 1. The number of halogens is 4. The van der Waals surface area contributed by atoms with Crippen LogP contribution in [0.4, 0.5) is 4.39 Å². The van der Waals surface area contributed by atoms with E-state index in [4.69, 9.17) is 35.4 Å². The van der Waals surface area contributed by atoms with Crippen LogP contribution in [-0.4, -0.2) is 9.55 Å². The summed E-state index contributed by atoms with van der Waals surface area (Å²) in [6.07, 6.45) is 0. The highest BCUT2D eigenvalue weighted by Gasteiger charge is 2.11. The molecule has 2 nitrogen and oxygen atoms in total. The molecule has 2 aromatic carbocycles. The molecule has 0 atom stereocenters. The Labute approximate surface area is 137 Å². The highest BCUT2D eigenvalue weighted by molar-refractivity contribution is 9.10. The Balaban J connectivity index is 2.35. The van der Waals surface area contributed by atoms with E-state index in [1.165, 1.54) is 12.1 Å². The Kier molecular flexibility index (Phi) is 3.62. The smallest absolute Gasteiger partial charge is 0.182 e. The maximum absolute atomic E-state index is 13.7. The van der Waals surface area contributed by atoms with Crippen molar-refractivity contribution in [3.63, 3.8) is 0 Å². The maximum atomic E-state index is 13.7. The summed E-state index contributed by atoms with van der Waals surface area (Å²) >= 11 is 20.4. The number of hydrogen-bond acceptors (Lipinski definition) is 1. The largest absolute Gasteiger partial charge is 0.330 e. The van der Waals surface area contributed by atoms with Gasteiger partial charge in [-0.15, -0.1) is 0 Å². The van der Waals surface area contributed by atoms with Crippen molar-refractivity contribution in [2.24, 2.45) is 0 Å². The van der Waals surface area contributed by atoms with Gasteiger partial charge >= 0.3 is 0 Å². The highest BCUT2D eigenvalue weighted by atomic mass is 79.9. The van der Waals surface area contributed by atoms with E-state index in [1.807, 2.05) is 12.1 Å². The monoisotopic (exact) mass is 390 g/mol. The molecule has 0 amide bonds. The van der Waals surface area contributed by atoms with Crippen molar-refractivity contribution in [2.75, 3.05) is 0 Å². The zero-order valence-corrected chi connectivity index (χ0v) is 13.7. The molecule has 0 spiro atoms. The van der Waals surface area contributed by atoms with Gasteiger partial charge in [-0.25, -0.2) is 4.39 Å². The lowest BCUT2D eigenvalue weighted by molar-refractivity contribution is 0.629. The minimum Gasteiger partial charge on any atom is -0.330 e. The van der Waals surface area contributed by atoms with Crippen LogP contribution in [0.5, 0.6) is 0 Å². The Bertz CT molecular complexity index is 888. The van der Waals surface area contributed by atoms with Gasteiger partial charge in [0, 0.05) is 16.2 Å². The summed E-state index contributed by atoms with van der Waals surface area (Å²) in [6.45, 7) is 0. The minimum absolute atomic E-state index is 0.0539. The SMILES string of the molecule is Fc1cc2c(cc1Cl)[nH]c(=S)n2-c1ccc(Cl)c(Br)c1. The van der Waals surface area contributed by atoms with E-state index in [2.05, 4.69) is 20.9 Å². The van der Waals surface area contributed by atoms with E-state index in [0.29, 0.717) is 20.8 Å². The van der Waals surface area contributed by atoms with Crippen LogP contribution in [0.1, 0.15) is 0 Å². The van der Waals surface area contributed by atoms with E-state index >= 15 is 0 Å². The second-order valence-corrected chi connectivity index (χ2v) is 6.20. The van der Waals surface area contributed by atoms with Gasteiger partial charge in [0.25, 0.3) is 0 Å². The van der Waals surface area contributed by atoms with Gasteiger partial charge in [-0.3, -0.25) is 4.57 Å². The van der Waals surface area contributed by atoms with Gasteiger partial charge in [0.1, 0.15) is 5.82 Å². The number of rotatable bonds is 1. The molecule has 0 aliphatic carbocycles. The van der Waals surface area contributed by atoms with Crippen LogP contribution in [0.2, 0.25) is 10.0 Å². The first kappa shape index (κ1) is 14.1. The van der Waals surface area contributed by atoms with Gasteiger partial charge in [0.2, 0.25) is 0 Å². The first-order chi connectivity index (χ1) is 9.47. The third-order valence-corrected chi connectivity index (χ3v) is 4.67. The fraction of sp³-hybridized carbons (Fsp3) is 0. The Morgan fingerprint density at radius 1 is 1.15 bits per heavy atom. The second-order valence-electron chi connectivity index (χ2n) is 4.15. The maximum Gasteiger partial charge on any atom is 0.182 e. The topological polar surface area (TPSA) is 20.7 Å². The Hall–Kier alpha value is -0.880. The van der Waals surface area contributed by atoms with Gasteiger partial charge in [-0.2, -0.15) is 0 Å². The van der Waals surface area contributed by atoms with Crippen molar-refractivity contribution in [2.45, 2.75) is 0 Å². The van der Waals surface area contributed by atoms with Gasteiger partial charge in [0.15, 0.2) is 4.77 Å². The molecule has 3 rings (SSSR count). The summed E-state index contributed by atoms with van der Waals surface area (Å²) in [5.41, 5.74) is 2.07. The fourth-order valence-electron chi connectivity index (χ4n) is 1.98. The predicted molar refractivity (Wildman–Crippen MR) is 86.1 cm³/mol.